The van der Waals surface area contributed by atoms with Crippen LogP contribution in [0.1, 0.15) is 17.3 Å². The first-order valence-electron chi connectivity index (χ1n) is 8.05. The summed E-state index contributed by atoms with van der Waals surface area (Å²) >= 11 is 2.77. The van der Waals surface area contributed by atoms with Crippen LogP contribution in [-0.2, 0) is 4.79 Å². The van der Waals surface area contributed by atoms with Crippen molar-refractivity contribution in [3.8, 4) is 17.0 Å². The highest BCUT2D eigenvalue weighted by molar-refractivity contribution is 7.14. The summed E-state index contributed by atoms with van der Waals surface area (Å²) in [4.78, 5) is 29.0. The Hall–Kier alpha value is -2.91. The topological polar surface area (TPSA) is 106 Å². The number of primary amides is 1. The molecular formula is C18H18N4O3S2. The number of rotatable bonds is 7. The number of hydrogen-bond acceptors (Lipinski definition) is 6. The molecule has 0 aliphatic heterocycles. The van der Waals surface area contributed by atoms with E-state index in [0.717, 1.165) is 16.1 Å². The molecule has 140 valence electrons. The van der Waals surface area contributed by atoms with Crippen LogP contribution in [0, 0.1) is 0 Å². The standard InChI is InChI=1S/C18H18N4O3S2/c1-25-14-6-3-2-5-11(14)13-10-27-18(21-13)22-16(23)9-12(20-17(19)24)15-7-4-8-26-15/h2-8,10,12H,9H2,1H3,(H3,19,20,24)(H,21,22,23). The van der Waals surface area contributed by atoms with Crippen LogP contribution in [0.5, 0.6) is 5.75 Å². The van der Waals surface area contributed by atoms with Gasteiger partial charge in [0.15, 0.2) is 5.13 Å². The van der Waals surface area contributed by atoms with Crippen LogP contribution >= 0.6 is 22.7 Å². The van der Waals surface area contributed by atoms with Gasteiger partial charge in [0.25, 0.3) is 0 Å². The van der Waals surface area contributed by atoms with Gasteiger partial charge in [-0.3, -0.25) is 4.79 Å². The molecule has 0 fully saturated rings. The van der Waals surface area contributed by atoms with Crippen molar-refractivity contribution in [1.82, 2.24) is 10.3 Å². The van der Waals surface area contributed by atoms with Crippen molar-refractivity contribution in [2.24, 2.45) is 5.73 Å². The first-order chi connectivity index (χ1) is 13.1. The Bertz CT molecular complexity index is 924. The zero-order valence-electron chi connectivity index (χ0n) is 14.5. The fourth-order valence-electron chi connectivity index (χ4n) is 2.55. The number of nitrogens with zero attached hydrogens (tertiary/aromatic N) is 1. The van der Waals surface area contributed by atoms with Gasteiger partial charge in [-0.1, -0.05) is 18.2 Å². The van der Waals surface area contributed by atoms with Crippen LogP contribution in [0.4, 0.5) is 9.93 Å². The summed E-state index contributed by atoms with van der Waals surface area (Å²) in [6.07, 6.45) is 0.0625. The van der Waals surface area contributed by atoms with Crippen molar-refractivity contribution in [3.05, 3.63) is 52.0 Å². The van der Waals surface area contributed by atoms with E-state index in [2.05, 4.69) is 15.6 Å². The predicted octanol–water partition coefficient (Wildman–Crippen LogP) is 3.62. The SMILES string of the molecule is COc1ccccc1-c1csc(NC(=O)CC(NC(N)=O)c2cccs2)n1. The second-order valence-electron chi connectivity index (χ2n) is 5.57. The predicted molar refractivity (Wildman–Crippen MR) is 107 cm³/mol. The number of aromatic nitrogens is 1. The number of urea groups is 1. The fraction of sp³-hybridized carbons (Fsp3) is 0.167. The van der Waals surface area contributed by atoms with E-state index in [1.807, 2.05) is 47.2 Å². The van der Waals surface area contributed by atoms with Crippen molar-refractivity contribution in [2.45, 2.75) is 12.5 Å². The molecule has 0 aliphatic rings. The average molecular weight is 403 g/mol. The second-order valence-corrected chi connectivity index (χ2v) is 7.40. The lowest BCUT2D eigenvalue weighted by molar-refractivity contribution is -0.116. The van der Waals surface area contributed by atoms with Gasteiger partial charge in [-0.15, -0.1) is 22.7 Å². The van der Waals surface area contributed by atoms with E-state index in [1.54, 1.807) is 7.11 Å². The van der Waals surface area contributed by atoms with E-state index in [4.69, 9.17) is 10.5 Å². The monoisotopic (exact) mass is 402 g/mol. The largest absolute Gasteiger partial charge is 0.496 e. The summed E-state index contributed by atoms with van der Waals surface area (Å²) in [5.41, 5.74) is 6.79. The lowest BCUT2D eigenvalue weighted by atomic mass is 10.1. The molecule has 7 nitrogen and oxygen atoms in total. The van der Waals surface area contributed by atoms with E-state index in [0.29, 0.717) is 10.9 Å². The Labute approximate surface area is 164 Å². The number of hydrogen-bond donors (Lipinski definition) is 3. The lowest BCUT2D eigenvalue weighted by Crippen LogP contribution is -2.34. The highest BCUT2D eigenvalue weighted by Crippen LogP contribution is 2.32. The quantitative estimate of drug-likeness (QED) is 0.561. The number of nitrogens with one attached hydrogen (secondary N) is 2. The molecule has 27 heavy (non-hydrogen) atoms. The zero-order valence-corrected chi connectivity index (χ0v) is 16.1. The number of thiophene rings is 1. The lowest BCUT2D eigenvalue weighted by Gasteiger charge is -2.15. The molecular weight excluding hydrogens is 384 g/mol. The number of amides is 3. The van der Waals surface area contributed by atoms with E-state index in [-0.39, 0.29) is 12.3 Å². The molecule has 3 aromatic rings. The number of benzene rings is 1. The maximum absolute atomic E-state index is 12.4. The van der Waals surface area contributed by atoms with Gasteiger partial charge in [0, 0.05) is 15.8 Å². The molecule has 1 aromatic carbocycles. The number of nitrogens with two attached hydrogens (primary N) is 1. The number of anilines is 1. The van der Waals surface area contributed by atoms with E-state index in [1.165, 1.54) is 22.7 Å². The molecule has 3 amide bonds. The molecule has 1 atom stereocenters. The molecule has 1 unspecified atom stereocenters. The average Bonchev–Trinajstić information content (AvgIpc) is 3.32. The first-order valence-corrected chi connectivity index (χ1v) is 9.81. The molecule has 0 radical (unpaired) electrons. The van der Waals surface area contributed by atoms with Crippen molar-refractivity contribution in [1.29, 1.82) is 0 Å². The number of carbonyl (C=O) groups is 2. The van der Waals surface area contributed by atoms with Gasteiger partial charge in [-0.05, 0) is 23.6 Å². The van der Waals surface area contributed by atoms with Crippen molar-refractivity contribution >= 4 is 39.7 Å². The van der Waals surface area contributed by atoms with E-state index >= 15 is 0 Å². The number of ether oxygens (including phenoxy) is 1. The highest BCUT2D eigenvalue weighted by atomic mass is 32.1. The summed E-state index contributed by atoms with van der Waals surface area (Å²) in [6, 6.07) is 10.1. The molecule has 2 heterocycles. The smallest absolute Gasteiger partial charge is 0.312 e. The molecule has 2 aromatic heterocycles. The number of para-hydroxylation sites is 1. The van der Waals surface area contributed by atoms with E-state index in [9.17, 15) is 9.59 Å². The van der Waals surface area contributed by atoms with Gasteiger partial charge in [-0.2, -0.15) is 0 Å². The molecule has 0 saturated carbocycles. The normalized spacial score (nSPS) is 11.6. The van der Waals surface area contributed by atoms with Gasteiger partial charge in [0.05, 0.1) is 25.3 Å². The highest BCUT2D eigenvalue weighted by Gasteiger charge is 2.19. The minimum absolute atomic E-state index is 0.0625. The number of methoxy groups -OCH3 is 1. The summed E-state index contributed by atoms with van der Waals surface area (Å²) < 4.78 is 5.35. The molecule has 0 spiro atoms. The molecule has 0 bridgehead atoms. The number of thiazole rings is 1. The summed E-state index contributed by atoms with van der Waals surface area (Å²) in [6.45, 7) is 0. The Morgan fingerprint density at radius 1 is 1.22 bits per heavy atom. The van der Waals surface area contributed by atoms with Crippen LogP contribution in [-0.4, -0.2) is 24.0 Å². The Morgan fingerprint density at radius 2 is 2.04 bits per heavy atom. The third kappa shape index (κ3) is 4.83. The zero-order chi connectivity index (χ0) is 19.2. The molecule has 3 rings (SSSR count). The Kier molecular flexibility index (Phi) is 6.05. The van der Waals surface area contributed by atoms with Crippen LogP contribution in [0.2, 0.25) is 0 Å². The van der Waals surface area contributed by atoms with Gasteiger partial charge < -0.3 is 21.1 Å². The molecule has 0 aliphatic carbocycles. The molecule has 4 N–H and O–H groups in total. The summed E-state index contributed by atoms with van der Waals surface area (Å²) in [7, 11) is 1.60. The minimum atomic E-state index is -0.672. The van der Waals surface area contributed by atoms with Gasteiger partial charge in [0.1, 0.15) is 5.75 Å². The minimum Gasteiger partial charge on any atom is -0.496 e. The third-order valence-electron chi connectivity index (χ3n) is 3.73. The second kappa shape index (κ2) is 8.65. The molecule has 0 saturated heterocycles. The first kappa shape index (κ1) is 18.9. The van der Waals surface area contributed by atoms with E-state index < -0.39 is 12.1 Å². The van der Waals surface area contributed by atoms with Crippen LogP contribution < -0.4 is 21.1 Å². The van der Waals surface area contributed by atoms with Gasteiger partial charge >= 0.3 is 6.03 Å². The van der Waals surface area contributed by atoms with Crippen LogP contribution in [0.25, 0.3) is 11.3 Å². The number of carbonyl (C=O) groups excluding carboxylic acids is 2. The van der Waals surface area contributed by atoms with Crippen LogP contribution in [0.3, 0.4) is 0 Å². The van der Waals surface area contributed by atoms with Crippen molar-refractivity contribution in [2.75, 3.05) is 12.4 Å². The van der Waals surface area contributed by atoms with Crippen molar-refractivity contribution < 1.29 is 14.3 Å². The van der Waals surface area contributed by atoms with Crippen molar-refractivity contribution in [3.63, 3.8) is 0 Å². The summed E-state index contributed by atoms with van der Waals surface area (Å²) in [5, 5.41) is 9.58. The Balaban J connectivity index is 1.69. The maximum Gasteiger partial charge on any atom is 0.312 e. The third-order valence-corrected chi connectivity index (χ3v) is 5.47. The molecule has 9 heteroatoms. The van der Waals surface area contributed by atoms with Crippen LogP contribution in [0.15, 0.2) is 47.2 Å². The summed E-state index contributed by atoms with van der Waals surface area (Å²) in [5.74, 6) is 0.451. The fourth-order valence-corrected chi connectivity index (χ4v) is 4.06. The Morgan fingerprint density at radius 3 is 2.74 bits per heavy atom. The maximum atomic E-state index is 12.4. The van der Waals surface area contributed by atoms with Gasteiger partial charge in [-0.25, -0.2) is 9.78 Å². The van der Waals surface area contributed by atoms with Gasteiger partial charge in [0.2, 0.25) is 5.91 Å².